The highest BCUT2D eigenvalue weighted by atomic mass is 28.3. The van der Waals surface area contributed by atoms with Gasteiger partial charge < -0.3 is 14.7 Å². The third kappa shape index (κ3) is 6.31. The summed E-state index contributed by atoms with van der Waals surface area (Å²) in [5.74, 6) is 0. The van der Waals surface area contributed by atoms with Crippen LogP contribution in [0, 0.1) is 0 Å². The first-order chi connectivity index (χ1) is 46.0. The molecule has 3 nitrogen and oxygen atoms in total. The molecule has 5 heteroatoms. The number of benzene rings is 14. The molecule has 14 aromatic rings. The van der Waals surface area contributed by atoms with E-state index in [0.29, 0.717) is 0 Å². The lowest BCUT2D eigenvalue weighted by molar-refractivity contribution is 0.794. The summed E-state index contributed by atoms with van der Waals surface area (Å²) < 4.78 is 0. The normalized spacial score (nSPS) is 15.2. The van der Waals surface area contributed by atoms with Crippen LogP contribution in [-0.4, -0.2) is 14.8 Å². The van der Waals surface area contributed by atoms with Gasteiger partial charge in [0.05, 0.1) is 22.2 Å². The summed E-state index contributed by atoms with van der Waals surface area (Å²) in [5, 5.41) is 2.96. The number of para-hydroxylation sites is 3. The lowest BCUT2D eigenvalue weighted by atomic mass is 9.33. The molecule has 2 spiro atoms. The van der Waals surface area contributed by atoms with Crippen molar-refractivity contribution in [3.63, 3.8) is 0 Å². The molecule has 14 aromatic carbocycles. The maximum absolute atomic E-state index is 2.69. The van der Waals surface area contributed by atoms with Gasteiger partial charge in [-0.25, -0.2) is 0 Å². The van der Waals surface area contributed by atoms with Gasteiger partial charge in [-0.2, -0.15) is 0 Å². The van der Waals surface area contributed by atoms with E-state index in [1.54, 1.807) is 0 Å². The van der Waals surface area contributed by atoms with Crippen LogP contribution in [0.1, 0.15) is 44.5 Å². The van der Waals surface area contributed by atoms with Gasteiger partial charge in [-0.15, -0.1) is 0 Å². The lowest BCUT2D eigenvalue weighted by Crippen LogP contribution is -2.61. The highest BCUT2D eigenvalue weighted by Gasteiger charge is 2.57. The van der Waals surface area contributed by atoms with E-state index in [0.717, 1.165) is 34.1 Å². The molecule has 7 aliphatic rings. The fourth-order valence-corrected chi connectivity index (χ4v) is 22.1. The second-order valence-corrected chi connectivity index (χ2v) is 31.2. The molecule has 0 saturated carbocycles. The van der Waals surface area contributed by atoms with Crippen LogP contribution >= 0.6 is 0 Å². The van der Waals surface area contributed by atoms with Crippen molar-refractivity contribution in [3.05, 3.63) is 360 Å². The zero-order chi connectivity index (χ0) is 61.1. The fraction of sp³-hybridized carbons (Fsp3) is 0.0455. The average Bonchev–Trinajstić information content (AvgIpc) is 1.56. The van der Waals surface area contributed by atoms with Crippen molar-refractivity contribution in [2.75, 3.05) is 14.7 Å². The van der Waals surface area contributed by atoms with Gasteiger partial charge in [0, 0.05) is 56.5 Å². The molecule has 93 heavy (non-hydrogen) atoms. The molecular formula is C88H58BN3Si. The number of anilines is 9. The zero-order valence-corrected chi connectivity index (χ0v) is 52.4. The first kappa shape index (κ1) is 51.5. The molecule has 0 bridgehead atoms. The van der Waals surface area contributed by atoms with Crippen LogP contribution in [-0.2, 0) is 10.8 Å². The maximum Gasteiger partial charge on any atom is 0.252 e. The van der Waals surface area contributed by atoms with E-state index >= 15 is 0 Å². The first-order valence-electron chi connectivity index (χ1n) is 32.9. The second kappa shape index (κ2) is 18.5. The van der Waals surface area contributed by atoms with Gasteiger partial charge in [-0.05, 0) is 165 Å². The second-order valence-electron chi connectivity index (χ2n) is 26.8. The van der Waals surface area contributed by atoms with Crippen LogP contribution < -0.4 is 41.5 Å². The molecule has 0 N–H and O–H groups in total. The molecule has 0 radical (unpaired) electrons. The predicted octanol–water partition coefficient (Wildman–Crippen LogP) is 18.7. The van der Waals surface area contributed by atoms with Crippen LogP contribution in [0.25, 0.3) is 55.6 Å². The Bertz CT molecular complexity index is 5240. The number of hydrogen-bond acceptors (Lipinski definition) is 3. The Hall–Kier alpha value is -11.2. The van der Waals surface area contributed by atoms with Gasteiger partial charge >= 0.3 is 0 Å². The summed E-state index contributed by atoms with van der Waals surface area (Å²) in [7, 11) is -2.13. The molecule has 3 heterocycles. The minimum absolute atomic E-state index is 0.201. The van der Waals surface area contributed by atoms with Crippen LogP contribution in [0.15, 0.2) is 315 Å². The van der Waals surface area contributed by atoms with Crippen LogP contribution in [0.2, 0.25) is 13.1 Å². The van der Waals surface area contributed by atoms with Crippen LogP contribution in [0.3, 0.4) is 0 Å². The van der Waals surface area contributed by atoms with Crippen molar-refractivity contribution in [3.8, 4) is 55.6 Å². The van der Waals surface area contributed by atoms with Crippen molar-refractivity contribution >= 4 is 92.7 Å². The molecule has 0 fully saturated rings. The predicted molar refractivity (Wildman–Crippen MR) is 390 cm³/mol. The number of fused-ring (bicyclic) bond motifs is 29. The Labute approximate surface area is 543 Å². The monoisotopic (exact) mass is 1200 g/mol. The molecule has 0 amide bonds. The minimum Gasteiger partial charge on any atom is -0.311 e. The van der Waals surface area contributed by atoms with E-state index in [9.17, 15) is 0 Å². The van der Waals surface area contributed by atoms with E-state index < -0.39 is 18.9 Å². The summed E-state index contributed by atoms with van der Waals surface area (Å²) in [4.78, 5) is 7.99. The summed E-state index contributed by atoms with van der Waals surface area (Å²) in [6.07, 6.45) is 0. The van der Waals surface area contributed by atoms with Crippen LogP contribution in [0.4, 0.5) is 51.2 Å². The van der Waals surface area contributed by atoms with Crippen molar-refractivity contribution in [2.24, 2.45) is 0 Å². The number of rotatable bonds is 5. The topological polar surface area (TPSA) is 9.72 Å². The Morgan fingerprint density at radius 1 is 0.301 bits per heavy atom. The van der Waals surface area contributed by atoms with Gasteiger partial charge in [0.2, 0.25) is 0 Å². The van der Waals surface area contributed by atoms with Crippen molar-refractivity contribution in [1.82, 2.24) is 0 Å². The largest absolute Gasteiger partial charge is 0.311 e. The molecule has 0 unspecified atom stereocenters. The van der Waals surface area contributed by atoms with E-state index in [2.05, 4.69) is 343 Å². The minimum atomic E-state index is -2.13. The average molecular weight is 1200 g/mol. The van der Waals surface area contributed by atoms with E-state index in [-0.39, 0.29) is 6.71 Å². The molecule has 4 aliphatic carbocycles. The Balaban J connectivity index is 0.939. The molecule has 0 atom stereocenters. The van der Waals surface area contributed by atoms with Gasteiger partial charge in [-0.1, -0.05) is 274 Å². The zero-order valence-electron chi connectivity index (χ0n) is 51.4. The third-order valence-corrected chi connectivity index (χ3v) is 26.0. The van der Waals surface area contributed by atoms with E-state index in [1.165, 1.54) is 144 Å². The van der Waals surface area contributed by atoms with Crippen molar-refractivity contribution < 1.29 is 0 Å². The Morgan fingerprint density at radius 3 is 1.12 bits per heavy atom. The SMILES string of the molecule is C[Si]1(C)c2ccccc2-c2c(N(c3ccccc3)c3cc4c5c(c3)N(c3ccccc3)c3c(ccc6c3-c3ccccc3C63c6ccccc6-c6ccccc63)B5c3ccc5c(c3N4c3ccccc3)-c3ccccc3C53c4ccccc4-c4ccccc43)cccc21. The first-order valence-corrected chi connectivity index (χ1v) is 35.9. The van der Waals surface area contributed by atoms with Crippen molar-refractivity contribution in [1.29, 1.82) is 0 Å². The molecule has 3 aliphatic heterocycles. The lowest BCUT2D eigenvalue weighted by Gasteiger charge is -2.46. The van der Waals surface area contributed by atoms with E-state index in [4.69, 9.17) is 0 Å². The smallest absolute Gasteiger partial charge is 0.252 e. The molecule has 432 valence electrons. The third-order valence-electron chi connectivity index (χ3n) is 22.4. The summed E-state index contributed by atoms with van der Waals surface area (Å²) in [6, 6.07) is 121. The maximum atomic E-state index is 2.69. The summed E-state index contributed by atoms with van der Waals surface area (Å²) in [6.45, 7) is 4.87. The molecule has 21 rings (SSSR count). The highest BCUT2D eigenvalue weighted by molar-refractivity contribution is 7.04. The molecular weight excluding hydrogens is 1140 g/mol. The highest BCUT2D eigenvalue weighted by Crippen LogP contribution is 2.68. The molecule has 0 saturated heterocycles. The summed E-state index contributed by atoms with van der Waals surface area (Å²) >= 11 is 0. The standard InChI is InChI=1S/C88H58BN3Si/c1-93(2)79-47-25-18-39-65(79)83-76(46-26-48-80(83)93)90(55-27-6-3-7-28-55)58-53-77-84-78(54-58)92(57-31-10-5-11-32-57)86-75(52-50-73-82(86)64-38-17-24-45-71(64)88(73)68-42-21-14-35-61(68)62-36-15-22-43-69(62)88)89(84)74-51-49-72-81(85(74)91(77)56-29-8-4-9-30-56)63-37-16-23-44-70(63)87(72)66-40-19-12-33-59(66)60-34-13-20-41-67(60)87/h3-54H,1-2H3. The molecule has 0 aromatic heterocycles. The Morgan fingerprint density at radius 2 is 0.667 bits per heavy atom. The van der Waals surface area contributed by atoms with E-state index in [1.807, 2.05) is 0 Å². The van der Waals surface area contributed by atoms with Gasteiger partial charge in [-0.3, -0.25) is 0 Å². The summed E-state index contributed by atoms with van der Waals surface area (Å²) in [5.41, 5.74) is 36.8. The quantitative estimate of drug-likeness (QED) is 0.159. The van der Waals surface area contributed by atoms with Gasteiger partial charge in [0.15, 0.2) is 0 Å². The fourth-order valence-electron chi connectivity index (χ4n) is 19.0. The van der Waals surface area contributed by atoms with Gasteiger partial charge in [0.1, 0.15) is 8.07 Å². The van der Waals surface area contributed by atoms with Gasteiger partial charge in [0.25, 0.3) is 6.71 Å². The van der Waals surface area contributed by atoms with Crippen molar-refractivity contribution in [2.45, 2.75) is 23.9 Å². The van der Waals surface area contributed by atoms with Crippen LogP contribution in [0.5, 0.6) is 0 Å². The number of hydrogen-bond donors (Lipinski definition) is 0. The number of nitrogens with zero attached hydrogens (tertiary/aromatic N) is 3. The Kier molecular flexibility index (Phi) is 10.2.